The number of hydrogen-bond acceptors (Lipinski definition) is 6. The fourth-order valence-electron chi connectivity index (χ4n) is 6.60. The first kappa shape index (κ1) is 19.3. The lowest BCUT2D eigenvalue weighted by Crippen LogP contribution is -2.62. The lowest BCUT2D eigenvalue weighted by atomic mass is 9.53. The van der Waals surface area contributed by atoms with Crippen LogP contribution in [0.4, 0.5) is 4.79 Å². The summed E-state index contributed by atoms with van der Waals surface area (Å²) in [4.78, 5) is 25.3. The second kappa shape index (κ2) is 7.56. The van der Waals surface area contributed by atoms with E-state index in [0.717, 1.165) is 49.9 Å². The number of hydrogen-bond donors (Lipinski definition) is 2. The highest BCUT2D eigenvalue weighted by Gasteiger charge is 2.51. The van der Waals surface area contributed by atoms with Crippen molar-refractivity contribution in [3.63, 3.8) is 0 Å². The van der Waals surface area contributed by atoms with Crippen LogP contribution >= 0.6 is 11.8 Å². The molecule has 5 saturated carbocycles. The molecule has 5 aliphatic rings. The van der Waals surface area contributed by atoms with E-state index in [1.807, 2.05) is 4.68 Å². The molecule has 2 N–H and O–H groups in total. The van der Waals surface area contributed by atoms with Gasteiger partial charge in [-0.2, -0.15) is 0 Å². The number of rotatable bonds is 5. The molecule has 1 aromatic heterocycles. The zero-order chi connectivity index (χ0) is 20.0. The number of thioether (sulfide) groups is 1. The van der Waals surface area contributed by atoms with Crippen molar-refractivity contribution in [2.75, 3.05) is 0 Å². The van der Waals surface area contributed by atoms with Crippen LogP contribution in [0.15, 0.2) is 5.16 Å². The second-order valence-electron chi connectivity index (χ2n) is 9.75. The average Bonchev–Trinajstić information content (AvgIpc) is 3.30. The third-order valence-electron chi connectivity index (χ3n) is 7.44. The molecular weight excluding hydrogens is 388 g/mol. The number of nitrogens with zero attached hydrogens (tertiary/aromatic N) is 4. The Kier molecular flexibility index (Phi) is 5.04. The van der Waals surface area contributed by atoms with Gasteiger partial charge < -0.3 is 5.32 Å². The van der Waals surface area contributed by atoms with Crippen molar-refractivity contribution < 1.29 is 9.59 Å². The van der Waals surface area contributed by atoms with Crippen molar-refractivity contribution in [3.8, 4) is 0 Å². The van der Waals surface area contributed by atoms with Crippen LogP contribution in [0.1, 0.15) is 77.2 Å². The number of urea groups is 1. The van der Waals surface area contributed by atoms with Crippen LogP contribution in [0, 0.1) is 17.8 Å². The van der Waals surface area contributed by atoms with Gasteiger partial charge in [-0.1, -0.05) is 24.6 Å². The summed E-state index contributed by atoms with van der Waals surface area (Å²) in [5, 5.41) is 18.0. The predicted molar refractivity (Wildman–Crippen MR) is 108 cm³/mol. The Morgan fingerprint density at radius 3 is 2.34 bits per heavy atom. The molecule has 6 rings (SSSR count). The van der Waals surface area contributed by atoms with Gasteiger partial charge in [0, 0.05) is 5.54 Å². The lowest BCUT2D eigenvalue weighted by Gasteiger charge is -2.56. The number of carbonyl (C=O) groups is 2. The van der Waals surface area contributed by atoms with E-state index in [4.69, 9.17) is 0 Å². The lowest BCUT2D eigenvalue weighted by molar-refractivity contribution is -0.119. The Labute approximate surface area is 175 Å². The molecule has 0 aromatic carbocycles. The van der Waals surface area contributed by atoms with Gasteiger partial charge in [-0.15, -0.1) is 5.10 Å². The Morgan fingerprint density at radius 1 is 1.10 bits per heavy atom. The Bertz CT molecular complexity index is 754. The van der Waals surface area contributed by atoms with Crippen LogP contribution in [0.5, 0.6) is 0 Å². The van der Waals surface area contributed by atoms with Crippen LogP contribution in [0.3, 0.4) is 0 Å². The first-order valence-corrected chi connectivity index (χ1v) is 12.0. The number of amides is 3. The molecule has 5 aliphatic carbocycles. The molecule has 4 bridgehead atoms. The summed E-state index contributed by atoms with van der Waals surface area (Å²) in [6.45, 7) is 1.80. The zero-order valence-corrected chi connectivity index (χ0v) is 17.8. The summed E-state index contributed by atoms with van der Waals surface area (Å²) >= 11 is 1.32. The van der Waals surface area contributed by atoms with Crippen LogP contribution < -0.4 is 10.6 Å². The Morgan fingerprint density at radius 2 is 1.72 bits per heavy atom. The molecule has 9 heteroatoms. The maximum atomic E-state index is 12.6. The average molecular weight is 419 g/mol. The van der Waals surface area contributed by atoms with Crippen molar-refractivity contribution in [2.45, 2.75) is 93.1 Å². The second-order valence-corrected chi connectivity index (χ2v) is 11.1. The standard InChI is InChI=1S/C20H30N6O2S/c1-12(29-19-23-24-25-26(19)16-4-2-3-5-16)17(27)21-18(28)22-20-9-13-6-14(10-20)8-15(7-13)11-20/h12-16H,2-11H2,1H3,(H2,21,22,27,28). The normalized spacial score (nSPS) is 34.3. The molecule has 1 atom stereocenters. The maximum absolute atomic E-state index is 12.6. The molecular formula is C20H30N6O2S. The van der Waals surface area contributed by atoms with Gasteiger partial charge in [-0.25, -0.2) is 9.48 Å². The highest BCUT2D eigenvalue weighted by molar-refractivity contribution is 8.00. The number of tetrazole rings is 1. The van der Waals surface area contributed by atoms with Gasteiger partial charge in [-0.3, -0.25) is 10.1 Å². The monoisotopic (exact) mass is 418 g/mol. The number of imide groups is 1. The maximum Gasteiger partial charge on any atom is 0.321 e. The van der Waals surface area contributed by atoms with E-state index >= 15 is 0 Å². The molecule has 0 spiro atoms. The Balaban J connectivity index is 1.16. The molecule has 0 saturated heterocycles. The molecule has 158 valence electrons. The highest BCUT2D eigenvalue weighted by Crippen LogP contribution is 2.55. The van der Waals surface area contributed by atoms with E-state index in [9.17, 15) is 9.59 Å². The van der Waals surface area contributed by atoms with E-state index < -0.39 is 5.25 Å². The van der Waals surface area contributed by atoms with Crippen LogP contribution in [-0.2, 0) is 4.79 Å². The van der Waals surface area contributed by atoms with Crippen LogP contribution in [0.25, 0.3) is 0 Å². The van der Waals surface area contributed by atoms with Gasteiger partial charge in [0.15, 0.2) is 0 Å². The Hall–Kier alpha value is -1.64. The molecule has 3 amide bonds. The van der Waals surface area contributed by atoms with E-state index in [1.165, 1.54) is 43.9 Å². The van der Waals surface area contributed by atoms with Gasteiger partial charge in [0.1, 0.15) is 0 Å². The predicted octanol–water partition coefficient (Wildman–Crippen LogP) is 3.06. The summed E-state index contributed by atoms with van der Waals surface area (Å²) < 4.78 is 1.84. The minimum atomic E-state index is -0.441. The van der Waals surface area contributed by atoms with Crippen LogP contribution in [0.2, 0.25) is 0 Å². The minimum absolute atomic E-state index is 0.0952. The topological polar surface area (TPSA) is 102 Å². The highest BCUT2D eigenvalue weighted by atomic mass is 32.2. The smallest absolute Gasteiger partial charge is 0.321 e. The van der Waals surface area contributed by atoms with Gasteiger partial charge in [0.2, 0.25) is 11.1 Å². The molecule has 1 heterocycles. The van der Waals surface area contributed by atoms with Gasteiger partial charge in [0.05, 0.1) is 11.3 Å². The fourth-order valence-corrected chi connectivity index (χ4v) is 7.46. The number of nitrogens with one attached hydrogen (secondary N) is 2. The zero-order valence-electron chi connectivity index (χ0n) is 17.0. The molecule has 1 unspecified atom stereocenters. The van der Waals surface area contributed by atoms with Crippen molar-refractivity contribution in [1.82, 2.24) is 30.8 Å². The summed E-state index contributed by atoms with van der Waals surface area (Å²) in [7, 11) is 0. The van der Waals surface area contributed by atoms with Gasteiger partial charge in [-0.05, 0) is 86.5 Å². The molecule has 8 nitrogen and oxygen atoms in total. The fraction of sp³-hybridized carbons (Fsp3) is 0.850. The van der Waals surface area contributed by atoms with E-state index in [2.05, 4.69) is 26.2 Å². The van der Waals surface area contributed by atoms with Crippen LogP contribution in [-0.4, -0.2) is 42.9 Å². The quantitative estimate of drug-likeness (QED) is 0.713. The number of aromatic nitrogens is 4. The minimum Gasteiger partial charge on any atom is -0.332 e. The summed E-state index contributed by atoms with van der Waals surface area (Å²) in [5.41, 5.74) is -0.0952. The summed E-state index contributed by atoms with van der Waals surface area (Å²) in [5.74, 6) is 1.96. The first-order chi connectivity index (χ1) is 14.0. The molecule has 0 aliphatic heterocycles. The van der Waals surface area contributed by atoms with Crippen molar-refractivity contribution in [2.24, 2.45) is 17.8 Å². The molecule has 1 aromatic rings. The molecule has 0 radical (unpaired) electrons. The largest absolute Gasteiger partial charge is 0.332 e. The first-order valence-electron chi connectivity index (χ1n) is 11.1. The molecule has 29 heavy (non-hydrogen) atoms. The van der Waals surface area contributed by atoms with E-state index in [1.54, 1.807) is 6.92 Å². The number of carbonyl (C=O) groups excluding carboxylic acids is 2. The van der Waals surface area contributed by atoms with Gasteiger partial charge in [0.25, 0.3) is 0 Å². The summed E-state index contributed by atoms with van der Waals surface area (Å²) in [6, 6.07) is -0.0260. The SMILES string of the molecule is CC(Sc1nnnn1C1CCCC1)C(=O)NC(=O)NC12CC3CC(CC(C3)C1)C2. The van der Waals surface area contributed by atoms with Crippen molar-refractivity contribution in [3.05, 3.63) is 0 Å². The van der Waals surface area contributed by atoms with E-state index in [-0.39, 0.29) is 17.5 Å². The summed E-state index contributed by atoms with van der Waals surface area (Å²) in [6.07, 6.45) is 11.7. The third kappa shape index (κ3) is 3.90. The van der Waals surface area contributed by atoms with Crippen molar-refractivity contribution in [1.29, 1.82) is 0 Å². The van der Waals surface area contributed by atoms with Crippen molar-refractivity contribution >= 4 is 23.7 Å². The van der Waals surface area contributed by atoms with Gasteiger partial charge >= 0.3 is 6.03 Å². The molecule has 5 fully saturated rings. The third-order valence-corrected chi connectivity index (χ3v) is 8.49. The van der Waals surface area contributed by atoms with E-state index in [0.29, 0.717) is 11.2 Å².